The van der Waals surface area contributed by atoms with Crippen LogP contribution < -0.4 is 5.32 Å². The number of hydrogen-bond acceptors (Lipinski definition) is 2. The van der Waals surface area contributed by atoms with Crippen LogP contribution in [-0.2, 0) is 4.79 Å². The molecule has 0 saturated heterocycles. The van der Waals surface area contributed by atoms with Gasteiger partial charge in [0.2, 0.25) is 5.91 Å². The highest BCUT2D eigenvalue weighted by Crippen LogP contribution is 2.19. The quantitative estimate of drug-likeness (QED) is 0.872. The highest BCUT2D eigenvalue weighted by Gasteiger charge is 2.12. The van der Waals surface area contributed by atoms with Gasteiger partial charge in [0.15, 0.2) is 5.78 Å². The van der Waals surface area contributed by atoms with Gasteiger partial charge >= 0.3 is 0 Å². The molecule has 0 saturated carbocycles. The summed E-state index contributed by atoms with van der Waals surface area (Å²) in [5.74, 6) is -0.203. The van der Waals surface area contributed by atoms with Gasteiger partial charge in [-0.15, -0.1) is 0 Å². The molecule has 0 aliphatic carbocycles. The Balaban J connectivity index is 2.27. The van der Waals surface area contributed by atoms with Gasteiger partial charge in [-0.05, 0) is 55.0 Å². The maximum absolute atomic E-state index is 12.4. The van der Waals surface area contributed by atoms with Crippen molar-refractivity contribution in [1.29, 1.82) is 0 Å². The van der Waals surface area contributed by atoms with E-state index >= 15 is 0 Å². The second-order valence-corrected chi connectivity index (χ2v) is 4.98. The first-order valence-corrected chi connectivity index (χ1v) is 6.53. The molecule has 20 heavy (non-hydrogen) atoms. The number of nitrogens with one attached hydrogen (secondary N) is 1. The first-order valence-electron chi connectivity index (χ1n) is 6.16. The van der Waals surface area contributed by atoms with Crippen molar-refractivity contribution in [2.24, 2.45) is 0 Å². The molecule has 3 nitrogen and oxygen atoms in total. The summed E-state index contributed by atoms with van der Waals surface area (Å²) in [6.07, 6.45) is 0. The first kappa shape index (κ1) is 14.3. The van der Waals surface area contributed by atoms with E-state index in [1.54, 1.807) is 42.5 Å². The standard InChI is InChI=1S/C16H14ClNO2/c1-10-9-13(17)5-8-15(10)16(20)12-3-6-14(7-4-12)18-11(2)19/h3-9H,1-2H3,(H,18,19). The predicted molar refractivity (Wildman–Crippen MR) is 80.4 cm³/mol. The van der Waals surface area contributed by atoms with Crippen LogP contribution in [0.25, 0.3) is 0 Å². The van der Waals surface area contributed by atoms with Crippen LogP contribution in [0.1, 0.15) is 28.4 Å². The zero-order valence-electron chi connectivity index (χ0n) is 11.2. The number of rotatable bonds is 3. The van der Waals surface area contributed by atoms with Crippen LogP contribution >= 0.6 is 11.6 Å². The number of carbonyl (C=O) groups excluding carboxylic acids is 2. The van der Waals surface area contributed by atoms with Gasteiger partial charge in [-0.1, -0.05) is 11.6 Å². The Bertz CT molecular complexity index is 663. The fraction of sp³-hybridized carbons (Fsp3) is 0.125. The predicted octanol–water partition coefficient (Wildman–Crippen LogP) is 3.84. The van der Waals surface area contributed by atoms with Crippen molar-refractivity contribution >= 4 is 29.0 Å². The van der Waals surface area contributed by atoms with Gasteiger partial charge in [-0.25, -0.2) is 0 Å². The third-order valence-corrected chi connectivity index (χ3v) is 3.14. The SMILES string of the molecule is CC(=O)Nc1ccc(C(=O)c2ccc(Cl)cc2C)cc1. The van der Waals surface area contributed by atoms with Crippen molar-refractivity contribution in [3.63, 3.8) is 0 Å². The Labute approximate surface area is 122 Å². The Morgan fingerprint density at radius 1 is 1.05 bits per heavy atom. The summed E-state index contributed by atoms with van der Waals surface area (Å²) in [7, 11) is 0. The summed E-state index contributed by atoms with van der Waals surface area (Å²) in [6.45, 7) is 3.29. The minimum Gasteiger partial charge on any atom is -0.326 e. The van der Waals surface area contributed by atoms with Gasteiger partial charge in [-0.3, -0.25) is 9.59 Å². The number of halogens is 1. The summed E-state index contributed by atoms with van der Waals surface area (Å²) in [5.41, 5.74) is 2.71. The minimum absolute atomic E-state index is 0.0615. The third kappa shape index (κ3) is 3.25. The lowest BCUT2D eigenvalue weighted by Gasteiger charge is -2.07. The van der Waals surface area contributed by atoms with Crippen LogP contribution in [0.15, 0.2) is 42.5 Å². The Hall–Kier alpha value is -2.13. The van der Waals surface area contributed by atoms with Gasteiger partial charge in [-0.2, -0.15) is 0 Å². The van der Waals surface area contributed by atoms with Gasteiger partial charge in [0.05, 0.1) is 0 Å². The minimum atomic E-state index is -0.141. The number of aryl methyl sites for hydroxylation is 1. The van der Waals surface area contributed by atoms with Crippen LogP contribution in [0.3, 0.4) is 0 Å². The van der Waals surface area contributed by atoms with Crippen LogP contribution in [0.5, 0.6) is 0 Å². The van der Waals surface area contributed by atoms with E-state index in [1.807, 2.05) is 6.92 Å². The van der Waals surface area contributed by atoms with Gasteiger partial charge in [0, 0.05) is 28.8 Å². The number of benzene rings is 2. The Kier molecular flexibility index (Phi) is 4.20. The molecule has 0 fully saturated rings. The monoisotopic (exact) mass is 287 g/mol. The summed E-state index contributed by atoms with van der Waals surface area (Å²) < 4.78 is 0. The second-order valence-electron chi connectivity index (χ2n) is 4.55. The van der Waals surface area contributed by atoms with E-state index in [0.29, 0.717) is 21.8 Å². The molecule has 0 heterocycles. The molecule has 0 spiro atoms. The average Bonchev–Trinajstić information content (AvgIpc) is 2.38. The topological polar surface area (TPSA) is 46.2 Å². The number of carbonyl (C=O) groups is 2. The van der Waals surface area contributed by atoms with Crippen LogP contribution in [0.4, 0.5) is 5.69 Å². The maximum Gasteiger partial charge on any atom is 0.221 e. The van der Waals surface area contributed by atoms with E-state index in [9.17, 15) is 9.59 Å². The normalized spacial score (nSPS) is 10.2. The molecule has 102 valence electrons. The third-order valence-electron chi connectivity index (χ3n) is 2.90. The van der Waals surface area contributed by atoms with E-state index in [-0.39, 0.29) is 11.7 Å². The van der Waals surface area contributed by atoms with Crippen molar-refractivity contribution in [3.8, 4) is 0 Å². The summed E-state index contributed by atoms with van der Waals surface area (Å²) in [5, 5.41) is 3.27. The van der Waals surface area contributed by atoms with Crippen LogP contribution in [-0.4, -0.2) is 11.7 Å². The molecule has 2 aromatic rings. The van der Waals surface area contributed by atoms with Gasteiger partial charge in [0.25, 0.3) is 0 Å². The molecule has 0 bridgehead atoms. The highest BCUT2D eigenvalue weighted by atomic mass is 35.5. The smallest absolute Gasteiger partial charge is 0.221 e. The zero-order chi connectivity index (χ0) is 14.7. The summed E-state index contributed by atoms with van der Waals surface area (Å²) in [4.78, 5) is 23.3. The number of anilines is 1. The van der Waals surface area contributed by atoms with Crippen LogP contribution in [0.2, 0.25) is 5.02 Å². The number of ketones is 1. The van der Waals surface area contributed by atoms with Crippen molar-refractivity contribution in [2.45, 2.75) is 13.8 Å². The first-order chi connectivity index (χ1) is 9.47. The molecule has 0 radical (unpaired) electrons. The van der Waals surface area contributed by atoms with E-state index in [0.717, 1.165) is 5.56 Å². The number of hydrogen-bond donors (Lipinski definition) is 1. The molecule has 4 heteroatoms. The van der Waals surface area contributed by atoms with Crippen molar-refractivity contribution in [3.05, 3.63) is 64.2 Å². The molecular formula is C16H14ClNO2. The molecule has 1 N–H and O–H groups in total. The molecule has 0 unspecified atom stereocenters. The molecular weight excluding hydrogens is 274 g/mol. The summed E-state index contributed by atoms with van der Waals surface area (Å²) >= 11 is 5.89. The van der Waals surface area contributed by atoms with E-state index in [4.69, 9.17) is 11.6 Å². The molecule has 2 aromatic carbocycles. The Morgan fingerprint density at radius 3 is 2.25 bits per heavy atom. The summed E-state index contributed by atoms with van der Waals surface area (Å²) in [6, 6.07) is 12.0. The fourth-order valence-corrected chi connectivity index (χ4v) is 2.17. The van der Waals surface area contributed by atoms with Crippen molar-refractivity contribution in [2.75, 3.05) is 5.32 Å². The van der Waals surface area contributed by atoms with Gasteiger partial charge < -0.3 is 5.32 Å². The van der Waals surface area contributed by atoms with E-state index in [2.05, 4.69) is 5.32 Å². The van der Waals surface area contributed by atoms with E-state index < -0.39 is 0 Å². The largest absolute Gasteiger partial charge is 0.326 e. The number of amides is 1. The molecule has 0 aliphatic heterocycles. The lowest BCUT2D eigenvalue weighted by molar-refractivity contribution is -0.114. The molecule has 2 rings (SSSR count). The van der Waals surface area contributed by atoms with Crippen molar-refractivity contribution in [1.82, 2.24) is 0 Å². The molecule has 0 atom stereocenters. The maximum atomic E-state index is 12.4. The highest BCUT2D eigenvalue weighted by molar-refractivity contribution is 6.30. The zero-order valence-corrected chi connectivity index (χ0v) is 12.0. The molecule has 0 aliphatic rings. The average molecular weight is 288 g/mol. The van der Waals surface area contributed by atoms with E-state index in [1.165, 1.54) is 6.92 Å². The molecule has 1 amide bonds. The fourth-order valence-electron chi connectivity index (χ4n) is 1.95. The molecule has 0 aromatic heterocycles. The van der Waals surface area contributed by atoms with Crippen LogP contribution in [0, 0.1) is 6.92 Å². The lowest BCUT2D eigenvalue weighted by atomic mass is 9.99. The van der Waals surface area contributed by atoms with Crippen molar-refractivity contribution < 1.29 is 9.59 Å². The van der Waals surface area contributed by atoms with Gasteiger partial charge in [0.1, 0.15) is 0 Å². The lowest BCUT2D eigenvalue weighted by Crippen LogP contribution is -2.07. The Morgan fingerprint density at radius 2 is 1.70 bits per heavy atom. The second kappa shape index (κ2) is 5.88.